The number of nitrogens with one attached hydrogen (secondary N) is 4. The Labute approximate surface area is 361 Å². The second kappa shape index (κ2) is 22.2. The van der Waals surface area contributed by atoms with Crippen LogP contribution in [0.2, 0.25) is 0 Å². The summed E-state index contributed by atoms with van der Waals surface area (Å²) in [6.07, 6.45) is 4.29. The first-order valence-electron chi connectivity index (χ1n) is 21.1. The zero-order chi connectivity index (χ0) is 46.6. The zero-order valence-electron chi connectivity index (χ0n) is 38.1. The van der Waals surface area contributed by atoms with Gasteiger partial charge in [0.05, 0.1) is 11.2 Å². The smallest absolute Gasteiger partial charge is 0.443 e. The van der Waals surface area contributed by atoms with Gasteiger partial charge in [-0.3, -0.25) is 33.1 Å². The molecule has 1 aliphatic rings. The molecule has 0 saturated heterocycles. The molecule has 1 aromatic carbocycles. The number of nitrogens with two attached hydrogens (primary N) is 1. The molecular weight excluding hydrogens is 807 g/mol. The molecule has 344 valence electrons. The van der Waals surface area contributed by atoms with Gasteiger partial charge in [0.2, 0.25) is 11.8 Å². The maximum absolute atomic E-state index is 13.7. The van der Waals surface area contributed by atoms with Crippen molar-refractivity contribution in [1.82, 2.24) is 20.9 Å². The topological polar surface area (TPSA) is 245 Å². The molecule has 18 heteroatoms. The van der Waals surface area contributed by atoms with E-state index in [4.69, 9.17) is 19.5 Å². The lowest BCUT2D eigenvalue weighted by atomic mass is 9.88. The van der Waals surface area contributed by atoms with E-state index in [0.717, 1.165) is 10.5 Å². The molecule has 17 nitrogen and oxygen atoms in total. The monoisotopic (exact) mass is 878 g/mol. The van der Waals surface area contributed by atoms with Gasteiger partial charge in [0.1, 0.15) is 17.7 Å². The number of benzene rings is 1. The number of alkyl carbamates (subject to hydrolysis) is 1. The molecule has 0 radical (unpaired) electrons. The molecule has 0 fully saturated rings. The zero-order valence-corrected chi connectivity index (χ0v) is 39.0. The highest BCUT2D eigenvalue weighted by molar-refractivity contribution is 7.47. The number of imide groups is 1. The number of phosphoric ester groups is 1. The third kappa shape index (κ3) is 16.8. The van der Waals surface area contributed by atoms with Gasteiger partial charge in [-0.2, -0.15) is 0 Å². The number of primary amides is 1. The van der Waals surface area contributed by atoms with E-state index in [9.17, 15) is 38.2 Å². The molecule has 0 spiro atoms. The van der Waals surface area contributed by atoms with E-state index in [1.807, 2.05) is 34.6 Å². The van der Waals surface area contributed by atoms with Gasteiger partial charge < -0.3 is 36.6 Å². The van der Waals surface area contributed by atoms with Crippen molar-refractivity contribution in [2.75, 3.05) is 11.9 Å². The number of carbonyl (C=O) groups excluding carboxylic acids is 6. The van der Waals surface area contributed by atoms with Crippen molar-refractivity contribution in [1.29, 1.82) is 0 Å². The average Bonchev–Trinajstić information content (AvgIpc) is 3.48. The molecule has 1 aliphatic heterocycles. The molecule has 1 heterocycles. The number of amides is 7. The highest BCUT2D eigenvalue weighted by atomic mass is 31.2. The summed E-state index contributed by atoms with van der Waals surface area (Å²) < 4.78 is 30.8. The number of nitrogens with zero attached hydrogens (tertiary/aromatic N) is 1. The minimum atomic E-state index is -4.47. The second-order valence-electron chi connectivity index (χ2n) is 18.1. The standard InChI is InChI=1S/C43H71N6O11P/c1-13-42(12,59-61(56,57)60-43(14-2,15-3)25-28(4)5)26-30-18-20-31(21-19-30)46-36(52)32(17-16-24-45-38(44)54)47-37(53)35(29(6)7)48-39(55)58-41(10,11)27-40(8,9)49-33(50)22-23-34(49)51/h18-23,28-29,32,35H,13-17,24-27H2,1-12H3,(H,46,52)(H,47,53)(H,48,55)(H,56,57)(H3,44,45,54)/t32-,35-,42?/m0/s1. The summed E-state index contributed by atoms with van der Waals surface area (Å²) in [7, 11) is -4.47. The van der Waals surface area contributed by atoms with E-state index < -0.39 is 83.9 Å². The summed E-state index contributed by atoms with van der Waals surface area (Å²) in [5.74, 6) is -2.36. The molecule has 1 aromatic rings. The van der Waals surface area contributed by atoms with Gasteiger partial charge in [-0.05, 0) is 103 Å². The first kappa shape index (κ1) is 52.8. The Kier molecular flexibility index (Phi) is 19.2. The first-order chi connectivity index (χ1) is 28.1. The Morgan fingerprint density at radius 1 is 0.852 bits per heavy atom. The van der Waals surface area contributed by atoms with Crippen LogP contribution in [0, 0.1) is 11.8 Å². The summed E-state index contributed by atoms with van der Waals surface area (Å²) in [5.41, 5.74) is 2.34. The van der Waals surface area contributed by atoms with Crippen LogP contribution in [-0.2, 0) is 43.9 Å². The van der Waals surface area contributed by atoms with Gasteiger partial charge in [0.25, 0.3) is 11.8 Å². The highest BCUT2D eigenvalue weighted by Gasteiger charge is 2.44. The molecule has 0 saturated carbocycles. The quantitative estimate of drug-likeness (QED) is 0.0346. The van der Waals surface area contributed by atoms with E-state index >= 15 is 0 Å². The van der Waals surface area contributed by atoms with Crippen LogP contribution in [-0.4, -0.2) is 86.5 Å². The number of rotatable bonds is 25. The summed E-state index contributed by atoms with van der Waals surface area (Å²) in [6.45, 7) is 21.7. The summed E-state index contributed by atoms with van der Waals surface area (Å²) in [6, 6.07) is 3.86. The predicted octanol–water partition coefficient (Wildman–Crippen LogP) is 6.63. The summed E-state index contributed by atoms with van der Waals surface area (Å²) in [5, 5.41) is 10.6. The first-order valence-corrected chi connectivity index (χ1v) is 22.6. The molecular formula is C43H71N6O11P. The molecule has 0 aliphatic carbocycles. The number of hydrogen-bond donors (Lipinski definition) is 6. The molecule has 7 N–H and O–H groups in total. The van der Waals surface area contributed by atoms with Crippen LogP contribution in [0.1, 0.15) is 134 Å². The molecule has 2 unspecified atom stereocenters. The van der Waals surface area contributed by atoms with Crippen molar-refractivity contribution in [2.45, 2.75) is 169 Å². The van der Waals surface area contributed by atoms with Crippen LogP contribution in [0.15, 0.2) is 36.4 Å². The lowest BCUT2D eigenvalue weighted by Crippen LogP contribution is -2.56. The third-order valence-corrected chi connectivity index (χ3v) is 12.0. The van der Waals surface area contributed by atoms with Gasteiger partial charge >= 0.3 is 19.9 Å². The minimum absolute atomic E-state index is 0.0936. The minimum Gasteiger partial charge on any atom is -0.443 e. The maximum atomic E-state index is 13.7. The van der Waals surface area contributed by atoms with Crippen LogP contribution < -0.4 is 27.0 Å². The fourth-order valence-corrected chi connectivity index (χ4v) is 9.33. The number of urea groups is 1. The molecule has 61 heavy (non-hydrogen) atoms. The summed E-state index contributed by atoms with van der Waals surface area (Å²) >= 11 is 0. The number of anilines is 1. The van der Waals surface area contributed by atoms with Crippen molar-refractivity contribution in [3.8, 4) is 0 Å². The molecule has 0 aromatic heterocycles. The van der Waals surface area contributed by atoms with Crippen LogP contribution in [0.5, 0.6) is 0 Å². The Hall–Kier alpha value is -4.31. The van der Waals surface area contributed by atoms with Crippen molar-refractivity contribution >= 4 is 49.3 Å². The van der Waals surface area contributed by atoms with Crippen molar-refractivity contribution in [2.24, 2.45) is 17.6 Å². The van der Waals surface area contributed by atoms with E-state index in [1.54, 1.807) is 72.7 Å². The van der Waals surface area contributed by atoms with Crippen LogP contribution >= 0.6 is 7.82 Å². The fraction of sp³-hybridized carbons (Fsp3) is 0.674. The summed E-state index contributed by atoms with van der Waals surface area (Å²) in [4.78, 5) is 88.7. The van der Waals surface area contributed by atoms with Crippen molar-refractivity contribution in [3.05, 3.63) is 42.0 Å². The molecule has 0 bridgehead atoms. The largest absolute Gasteiger partial charge is 0.473 e. The van der Waals surface area contributed by atoms with Gasteiger partial charge in [0, 0.05) is 42.8 Å². The van der Waals surface area contributed by atoms with Gasteiger partial charge in [0.15, 0.2) is 0 Å². The predicted molar refractivity (Wildman–Crippen MR) is 233 cm³/mol. The third-order valence-electron chi connectivity index (χ3n) is 10.7. The molecule has 2 rings (SSSR count). The van der Waals surface area contributed by atoms with E-state index in [2.05, 4.69) is 21.3 Å². The van der Waals surface area contributed by atoms with Crippen LogP contribution in [0.4, 0.5) is 15.3 Å². The van der Waals surface area contributed by atoms with Gasteiger partial charge in [-0.25, -0.2) is 14.2 Å². The van der Waals surface area contributed by atoms with E-state index in [-0.39, 0.29) is 38.1 Å². The normalized spacial score (nSPS) is 16.5. The highest BCUT2D eigenvalue weighted by Crippen LogP contribution is 2.54. The van der Waals surface area contributed by atoms with Crippen LogP contribution in [0.3, 0.4) is 0 Å². The Balaban J connectivity index is 2.19. The number of carbonyl (C=O) groups is 6. The van der Waals surface area contributed by atoms with E-state index in [1.165, 1.54) is 12.2 Å². The van der Waals surface area contributed by atoms with Gasteiger partial charge in [-0.15, -0.1) is 0 Å². The molecule has 7 amide bonds. The molecule has 4 atom stereocenters. The van der Waals surface area contributed by atoms with E-state index in [0.29, 0.717) is 31.4 Å². The lowest BCUT2D eigenvalue weighted by Gasteiger charge is -2.39. The van der Waals surface area contributed by atoms with Crippen LogP contribution in [0.25, 0.3) is 0 Å². The Morgan fingerprint density at radius 2 is 1.43 bits per heavy atom. The second-order valence-corrected chi connectivity index (χ2v) is 19.5. The average molecular weight is 879 g/mol. The number of hydrogen-bond acceptors (Lipinski definition) is 10. The Morgan fingerprint density at radius 3 is 1.92 bits per heavy atom. The number of phosphoric acid groups is 1. The maximum Gasteiger partial charge on any atom is 0.473 e. The number of ether oxygens (including phenoxy) is 1. The Bertz CT molecular complexity index is 1760. The lowest BCUT2D eigenvalue weighted by molar-refractivity contribution is -0.144. The van der Waals surface area contributed by atoms with Crippen molar-refractivity contribution in [3.63, 3.8) is 0 Å². The van der Waals surface area contributed by atoms with Gasteiger partial charge in [-0.1, -0.05) is 60.6 Å². The SMILES string of the molecule is CCC(C)(Cc1ccc(NC(=O)[C@H](CCCNC(N)=O)NC(=O)[C@@H](NC(=O)OC(C)(C)CC(C)(C)N2C(=O)C=CC2=O)C(C)C)cc1)OP(=O)(O)OC(CC)(CC)CC(C)C. The van der Waals surface area contributed by atoms with Crippen molar-refractivity contribution < 1.29 is 52.0 Å². The fourth-order valence-electron chi connectivity index (χ4n) is 7.72.